The van der Waals surface area contributed by atoms with Gasteiger partial charge in [-0.15, -0.1) is 0 Å². The summed E-state index contributed by atoms with van der Waals surface area (Å²) in [7, 11) is 0. The molecule has 4 rings (SSSR count). The van der Waals surface area contributed by atoms with Crippen LogP contribution in [0.4, 0.5) is 14.9 Å². The predicted octanol–water partition coefficient (Wildman–Crippen LogP) is 3.79. The van der Waals surface area contributed by atoms with Crippen molar-refractivity contribution in [3.8, 4) is 0 Å². The summed E-state index contributed by atoms with van der Waals surface area (Å²) in [5.41, 5.74) is 1.74. The van der Waals surface area contributed by atoms with Crippen LogP contribution in [0.5, 0.6) is 0 Å². The first-order valence-electron chi connectivity index (χ1n) is 8.54. The number of anilines is 1. The molecule has 2 heterocycles. The van der Waals surface area contributed by atoms with E-state index < -0.39 is 0 Å². The number of amides is 2. The van der Waals surface area contributed by atoms with Gasteiger partial charge < -0.3 is 10.2 Å². The van der Waals surface area contributed by atoms with E-state index in [-0.39, 0.29) is 11.8 Å². The molecular weight excluding hydrogens is 351 g/mol. The van der Waals surface area contributed by atoms with E-state index in [1.54, 1.807) is 18.3 Å². The SMILES string of the molecule is O=C(Nc1ccc2sncc2c1)N1CCN(Cc2cccc(F)c2)CC1. The molecule has 1 aliphatic rings. The maximum absolute atomic E-state index is 13.3. The van der Waals surface area contributed by atoms with Crippen LogP contribution in [0, 0.1) is 5.82 Å². The second kappa shape index (κ2) is 7.39. The Hall–Kier alpha value is -2.51. The average molecular weight is 370 g/mol. The van der Waals surface area contributed by atoms with E-state index in [0.29, 0.717) is 19.6 Å². The number of carbonyl (C=O) groups is 1. The zero-order valence-corrected chi connectivity index (χ0v) is 15.0. The molecule has 0 aliphatic carbocycles. The topological polar surface area (TPSA) is 48.5 Å². The molecule has 1 aliphatic heterocycles. The van der Waals surface area contributed by atoms with Gasteiger partial charge in [-0.25, -0.2) is 9.18 Å². The van der Waals surface area contributed by atoms with Crippen LogP contribution in [-0.4, -0.2) is 46.4 Å². The van der Waals surface area contributed by atoms with Gasteiger partial charge in [0.2, 0.25) is 0 Å². The fourth-order valence-electron chi connectivity index (χ4n) is 3.16. The van der Waals surface area contributed by atoms with E-state index in [4.69, 9.17) is 0 Å². The number of nitrogens with one attached hydrogen (secondary N) is 1. The summed E-state index contributed by atoms with van der Waals surface area (Å²) in [4.78, 5) is 16.5. The van der Waals surface area contributed by atoms with Crippen LogP contribution >= 0.6 is 11.5 Å². The number of carbonyl (C=O) groups excluding carboxylic acids is 1. The van der Waals surface area contributed by atoms with Gasteiger partial charge in [0.05, 0.1) is 4.70 Å². The van der Waals surface area contributed by atoms with Gasteiger partial charge in [-0.05, 0) is 47.4 Å². The Bertz CT molecular complexity index is 921. The molecule has 3 aromatic rings. The smallest absolute Gasteiger partial charge is 0.321 e. The largest absolute Gasteiger partial charge is 0.322 e. The number of piperazine rings is 1. The molecule has 134 valence electrons. The van der Waals surface area contributed by atoms with Gasteiger partial charge in [-0.3, -0.25) is 4.90 Å². The molecule has 0 radical (unpaired) electrons. The van der Waals surface area contributed by atoms with Crippen LogP contribution < -0.4 is 5.32 Å². The fraction of sp³-hybridized carbons (Fsp3) is 0.263. The third kappa shape index (κ3) is 3.84. The number of fused-ring (bicyclic) bond motifs is 1. The zero-order chi connectivity index (χ0) is 17.9. The fourth-order valence-corrected chi connectivity index (χ4v) is 3.78. The van der Waals surface area contributed by atoms with Gasteiger partial charge in [0, 0.05) is 50.0 Å². The Morgan fingerprint density at radius 1 is 1.15 bits per heavy atom. The van der Waals surface area contributed by atoms with Gasteiger partial charge in [0.25, 0.3) is 0 Å². The molecule has 1 N–H and O–H groups in total. The van der Waals surface area contributed by atoms with Gasteiger partial charge in [-0.2, -0.15) is 4.37 Å². The van der Waals surface area contributed by atoms with E-state index >= 15 is 0 Å². The molecule has 2 aromatic carbocycles. The second-order valence-corrected chi connectivity index (χ2v) is 7.23. The van der Waals surface area contributed by atoms with Crippen molar-refractivity contribution in [2.24, 2.45) is 0 Å². The summed E-state index contributed by atoms with van der Waals surface area (Å²) in [6, 6.07) is 12.4. The van der Waals surface area contributed by atoms with Crippen molar-refractivity contribution in [3.05, 3.63) is 60.0 Å². The van der Waals surface area contributed by atoms with Crippen molar-refractivity contribution >= 4 is 33.3 Å². The molecule has 1 fully saturated rings. The van der Waals surface area contributed by atoms with Crippen LogP contribution in [0.15, 0.2) is 48.7 Å². The van der Waals surface area contributed by atoms with Crippen molar-refractivity contribution in [3.63, 3.8) is 0 Å². The van der Waals surface area contributed by atoms with Crippen molar-refractivity contribution in [2.75, 3.05) is 31.5 Å². The second-order valence-electron chi connectivity index (χ2n) is 6.40. The van der Waals surface area contributed by atoms with Gasteiger partial charge >= 0.3 is 6.03 Å². The number of hydrogen-bond acceptors (Lipinski definition) is 4. The van der Waals surface area contributed by atoms with Crippen LogP contribution in [0.25, 0.3) is 10.1 Å². The lowest BCUT2D eigenvalue weighted by Gasteiger charge is -2.34. The molecule has 0 unspecified atom stereocenters. The predicted molar refractivity (Wildman–Crippen MR) is 102 cm³/mol. The van der Waals surface area contributed by atoms with E-state index in [1.807, 2.05) is 29.2 Å². The van der Waals surface area contributed by atoms with Crippen LogP contribution in [0.1, 0.15) is 5.56 Å². The monoisotopic (exact) mass is 370 g/mol. The Kier molecular flexibility index (Phi) is 4.81. The highest BCUT2D eigenvalue weighted by Gasteiger charge is 2.21. The Morgan fingerprint density at radius 3 is 2.81 bits per heavy atom. The maximum Gasteiger partial charge on any atom is 0.321 e. The zero-order valence-electron chi connectivity index (χ0n) is 14.2. The molecular formula is C19H19FN4OS. The molecule has 0 bridgehead atoms. The first-order valence-corrected chi connectivity index (χ1v) is 9.32. The Balaban J connectivity index is 1.31. The molecule has 0 atom stereocenters. The highest BCUT2D eigenvalue weighted by Crippen LogP contribution is 2.22. The number of benzene rings is 2. The van der Waals surface area contributed by atoms with Gasteiger partial charge in [-0.1, -0.05) is 12.1 Å². The normalized spacial score (nSPS) is 15.3. The average Bonchev–Trinajstić information content (AvgIpc) is 3.10. The first-order chi connectivity index (χ1) is 12.7. The lowest BCUT2D eigenvalue weighted by Crippen LogP contribution is -2.49. The van der Waals surface area contributed by atoms with Crippen molar-refractivity contribution < 1.29 is 9.18 Å². The van der Waals surface area contributed by atoms with Crippen LogP contribution in [0.3, 0.4) is 0 Å². The van der Waals surface area contributed by atoms with E-state index in [1.165, 1.54) is 17.6 Å². The molecule has 1 saturated heterocycles. The summed E-state index contributed by atoms with van der Waals surface area (Å²) in [5.74, 6) is -0.210. The highest BCUT2D eigenvalue weighted by atomic mass is 32.1. The number of aromatic nitrogens is 1. The number of urea groups is 1. The van der Waals surface area contributed by atoms with Crippen LogP contribution in [0.2, 0.25) is 0 Å². The molecule has 2 amide bonds. The lowest BCUT2D eigenvalue weighted by atomic mass is 10.2. The van der Waals surface area contributed by atoms with E-state index in [2.05, 4.69) is 14.6 Å². The first kappa shape index (κ1) is 16.9. The van der Waals surface area contributed by atoms with Crippen LogP contribution in [-0.2, 0) is 6.54 Å². The minimum absolute atomic E-state index is 0.0852. The Morgan fingerprint density at radius 2 is 2.00 bits per heavy atom. The number of hydrogen-bond donors (Lipinski definition) is 1. The summed E-state index contributed by atoms with van der Waals surface area (Å²) >= 11 is 1.44. The number of halogens is 1. The van der Waals surface area contributed by atoms with E-state index in [9.17, 15) is 9.18 Å². The standard InChI is InChI=1S/C19H19FN4OS/c20-16-3-1-2-14(10-16)13-23-6-8-24(9-7-23)19(25)22-17-4-5-18-15(11-17)12-21-26-18/h1-5,10-12H,6-9,13H2,(H,22,25). The molecule has 5 nitrogen and oxygen atoms in total. The summed E-state index contributed by atoms with van der Waals surface area (Å²) in [6.45, 7) is 3.57. The molecule has 0 saturated carbocycles. The van der Waals surface area contributed by atoms with E-state index in [0.717, 1.165) is 34.4 Å². The quantitative estimate of drug-likeness (QED) is 0.763. The lowest BCUT2D eigenvalue weighted by molar-refractivity contribution is 0.143. The maximum atomic E-state index is 13.3. The van der Waals surface area contributed by atoms with Crippen molar-refractivity contribution in [1.82, 2.24) is 14.2 Å². The Labute approximate surface area is 155 Å². The molecule has 1 aromatic heterocycles. The van der Waals surface area contributed by atoms with Crippen molar-refractivity contribution in [1.29, 1.82) is 0 Å². The van der Waals surface area contributed by atoms with Gasteiger partial charge in [0.1, 0.15) is 5.82 Å². The summed E-state index contributed by atoms with van der Waals surface area (Å²) in [5, 5.41) is 4.00. The van der Waals surface area contributed by atoms with Crippen molar-refractivity contribution in [2.45, 2.75) is 6.54 Å². The van der Waals surface area contributed by atoms with Gasteiger partial charge in [0.15, 0.2) is 0 Å². The molecule has 7 heteroatoms. The third-order valence-electron chi connectivity index (χ3n) is 4.56. The summed E-state index contributed by atoms with van der Waals surface area (Å²) in [6.07, 6.45) is 1.81. The molecule has 0 spiro atoms. The number of rotatable bonds is 3. The third-order valence-corrected chi connectivity index (χ3v) is 5.34. The number of nitrogens with zero attached hydrogens (tertiary/aromatic N) is 3. The summed E-state index contributed by atoms with van der Waals surface area (Å²) < 4.78 is 18.5. The highest BCUT2D eigenvalue weighted by molar-refractivity contribution is 7.13. The molecule has 26 heavy (non-hydrogen) atoms. The minimum Gasteiger partial charge on any atom is -0.322 e. The minimum atomic E-state index is -0.210.